The predicted molar refractivity (Wildman–Crippen MR) is 89.6 cm³/mol. The van der Waals surface area contributed by atoms with Crippen LogP contribution >= 0.6 is 0 Å². The van der Waals surface area contributed by atoms with Crippen molar-refractivity contribution in [3.05, 3.63) is 12.7 Å². The summed E-state index contributed by atoms with van der Waals surface area (Å²) < 4.78 is 0. The van der Waals surface area contributed by atoms with E-state index >= 15 is 0 Å². The van der Waals surface area contributed by atoms with Crippen LogP contribution in [0.4, 0.5) is 0 Å². The lowest BCUT2D eigenvalue weighted by Gasteiger charge is -2.61. The van der Waals surface area contributed by atoms with E-state index in [4.69, 9.17) is 0 Å². The lowest BCUT2D eigenvalue weighted by Crippen LogP contribution is -2.56. The lowest BCUT2D eigenvalue weighted by molar-refractivity contribution is -0.173. The molecule has 3 rings (SSSR count). The molecule has 0 aromatic rings. The van der Waals surface area contributed by atoms with Crippen molar-refractivity contribution in [2.45, 2.75) is 72.1 Å². The van der Waals surface area contributed by atoms with Crippen LogP contribution in [0.1, 0.15) is 72.1 Å². The highest BCUT2D eigenvalue weighted by atomic mass is 16.4. The van der Waals surface area contributed by atoms with Crippen LogP contribution in [-0.2, 0) is 4.79 Å². The molecular weight excluding hydrogens is 272 g/mol. The standard InChI is InChI=1S/C20H32O2/c1-5-18(2)12-9-15-14(13-18)7-8-16-19(15,3)10-6-11-20(16,4)17(21)22/h5,14-16H,1,6-13H2,2-4H3,(H,21,22)/t14?,15-,16+,18-,19-,20-/m0/s1. The van der Waals surface area contributed by atoms with E-state index < -0.39 is 11.4 Å². The minimum atomic E-state index is -0.561. The Bertz CT molecular complexity index is 484. The zero-order valence-corrected chi connectivity index (χ0v) is 14.5. The number of hydrogen-bond donors (Lipinski definition) is 1. The van der Waals surface area contributed by atoms with Gasteiger partial charge in [-0.15, -0.1) is 6.58 Å². The zero-order valence-electron chi connectivity index (χ0n) is 14.5. The summed E-state index contributed by atoms with van der Waals surface area (Å²) in [6, 6.07) is 0. The third-order valence-electron chi connectivity index (χ3n) is 7.96. The molecule has 0 heterocycles. The number of rotatable bonds is 2. The summed E-state index contributed by atoms with van der Waals surface area (Å²) >= 11 is 0. The second-order valence-electron chi connectivity index (χ2n) is 9.18. The van der Waals surface area contributed by atoms with Crippen molar-refractivity contribution in [3.63, 3.8) is 0 Å². The number of carboxylic acid groups (broad SMARTS) is 1. The van der Waals surface area contributed by atoms with Gasteiger partial charge in [0, 0.05) is 0 Å². The summed E-state index contributed by atoms with van der Waals surface area (Å²) in [6.45, 7) is 10.9. The quantitative estimate of drug-likeness (QED) is 0.704. The molecule has 22 heavy (non-hydrogen) atoms. The molecule has 1 N–H and O–H groups in total. The van der Waals surface area contributed by atoms with E-state index in [2.05, 4.69) is 26.5 Å². The Hall–Kier alpha value is -0.790. The minimum Gasteiger partial charge on any atom is -0.481 e. The monoisotopic (exact) mass is 304 g/mol. The van der Waals surface area contributed by atoms with Gasteiger partial charge in [-0.25, -0.2) is 0 Å². The van der Waals surface area contributed by atoms with Crippen LogP contribution in [-0.4, -0.2) is 11.1 Å². The van der Waals surface area contributed by atoms with Gasteiger partial charge in [0.25, 0.3) is 0 Å². The van der Waals surface area contributed by atoms with Crippen molar-refractivity contribution in [2.24, 2.45) is 34.0 Å². The van der Waals surface area contributed by atoms with Gasteiger partial charge >= 0.3 is 5.97 Å². The van der Waals surface area contributed by atoms with E-state index in [-0.39, 0.29) is 5.41 Å². The Morgan fingerprint density at radius 3 is 2.50 bits per heavy atom. The van der Waals surface area contributed by atoms with Gasteiger partial charge in [0.15, 0.2) is 0 Å². The molecule has 0 radical (unpaired) electrons. The van der Waals surface area contributed by atoms with E-state index in [1.54, 1.807) is 0 Å². The highest BCUT2D eigenvalue weighted by Crippen LogP contribution is 2.65. The maximum absolute atomic E-state index is 12.0. The van der Waals surface area contributed by atoms with Gasteiger partial charge < -0.3 is 5.11 Å². The Morgan fingerprint density at radius 2 is 1.86 bits per heavy atom. The molecule has 0 aromatic carbocycles. The average Bonchev–Trinajstić information content (AvgIpc) is 2.46. The number of aliphatic carboxylic acids is 1. The van der Waals surface area contributed by atoms with Crippen molar-refractivity contribution in [2.75, 3.05) is 0 Å². The van der Waals surface area contributed by atoms with Gasteiger partial charge in [-0.05, 0) is 80.5 Å². The fourth-order valence-corrected chi connectivity index (χ4v) is 6.56. The minimum absolute atomic E-state index is 0.233. The number of hydrogen-bond acceptors (Lipinski definition) is 1. The Morgan fingerprint density at radius 1 is 1.14 bits per heavy atom. The Kier molecular flexibility index (Phi) is 3.73. The summed E-state index contributed by atoms with van der Waals surface area (Å²) in [4.78, 5) is 12.0. The average molecular weight is 304 g/mol. The van der Waals surface area contributed by atoms with Crippen LogP contribution in [0.5, 0.6) is 0 Å². The number of carbonyl (C=O) groups is 1. The van der Waals surface area contributed by atoms with Crippen LogP contribution in [0.25, 0.3) is 0 Å². The summed E-state index contributed by atoms with van der Waals surface area (Å²) in [5, 5.41) is 9.85. The second kappa shape index (κ2) is 5.11. The summed E-state index contributed by atoms with van der Waals surface area (Å²) in [5.74, 6) is 1.29. The summed E-state index contributed by atoms with van der Waals surface area (Å²) in [6.07, 6.45) is 11.4. The van der Waals surface area contributed by atoms with Crippen molar-refractivity contribution in [1.82, 2.24) is 0 Å². The Labute approximate surface area is 135 Å². The molecule has 3 aliphatic rings. The fraction of sp³-hybridized carbons (Fsp3) is 0.850. The zero-order chi connectivity index (χ0) is 16.2. The lowest BCUT2D eigenvalue weighted by atomic mass is 9.43. The molecule has 1 unspecified atom stereocenters. The van der Waals surface area contributed by atoms with Crippen LogP contribution in [0.2, 0.25) is 0 Å². The maximum Gasteiger partial charge on any atom is 0.309 e. The van der Waals surface area contributed by atoms with Gasteiger partial charge in [-0.1, -0.05) is 26.3 Å². The van der Waals surface area contributed by atoms with E-state index in [0.29, 0.717) is 11.3 Å². The van der Waals surface area contributed by atoms with Gasteiger partial charge in [0.2, 0.25) is 0 Å². The van der Waals surface area contributed by atoms with Crippen molar-refractivity contribution >= 4 is 5.97 Å². The smallest absolute Gasteiger partial charge is 0.309 e. The molecule has 6 atom stereocenters. The van der Waals surface area contributed by atoms with E-state index in [0.717, 1.165) is 31.1 Å². The summed E-state index contributed by atoms with van der Waals surface area (Å²) in [7, 11) is 0. The van der Waals surface area contributed by atoms with Crippen molar-refractivity contribution in [1.29, 1.82) is 0 Å². The Balaban J connectivity index is 1.90. The van der Waals surface area contributed by atoms with Crippen LogP contribution in [0, 0.1) is 34.0 Å². The summed E-state index contributed by atoms with van der Waals surface area (Å²) in [5.41, 5.74) is 0.0308. The van der Waals surface area contributed by atoms with Gasteiger partial charge in [0.05, 0.1) is 5.41 Å². The molecule has 124 valence electrons. The molecule has 0 bridgehead atoms. The molecule has 3 saturated carbocycles. The third kappa shape index (κ3) is 2.17. The first-order valence-electron chi connectivity index (χ1n) is 9.12. The third-order valence-corrected chi connectivity index (χ3v) is 7.96. The van der Waals surface area contributed by atoms with E-state index in [1.807, 2.05) is 6.92 Å². The molecule has 2 heteroatoms. The molecule has 0 amide bonds. The van der Waals surface area contributed by atoms with Crippen LogP contribution < -0.4 is 0 Å². The molecule has 0 spiro atoms. The molecule has 0 saturated heterocycles. The molecule has 0 aromatic heterocycles. The highest BCUT2D eigenvalue weighted by molar-refractivity contribution is 5.75. The largest absolute Gasteiger partial charge is 0.481 e. The number of fused-ring (bicyclic) bond motifs is 3. The van der Waals surface area contributed by atoms with Crippen molar-refractivity contribution < 1.29 is 9.90 Å². The first kappa shape index (κ1) is 16.1. The van der Waals surface area contributed by atoms with Gasteiger partial charge in [0.1, 0.15) is 0 Å². The van der Waals surface area contributed by atoms with E-state index in [9.17, 15) is 9.90 Å². The van der Waals surface area contributed by atoms with Gasteiger partial charge in [-0.2, -0.15) is 0 Å². The first-order chi connectivity index (χ1) is 10.3. The molecule has 0 aliphatic heterocycles. The predicted octanol–water partition coefficient (Wildman–Crippen LogP) is 5.29. The number of carboxylic acids is 1. The molecule has 3 aliphatic carbocycles. The van der Waals surface area contributed by atoms with Crippen molar-refractivity contribution in [3.8, 4) is 0 Å². The van der Waals surface area contributed by atoms with Gasteiger partial charge in [-0.3, -0.25) is 4.79 Å². The topological polar surface area (TPSA) is 37.3 Å². The fourth-order valence-electron chi connectivity index (χ4n) is 6.56. The molecular formula is C20H32O2. The number of allylic oxidation sites excluding steroid dienone is 1. The first-order valence-corrected chi connectivity index (χ1v) is 9.12. The molecule has 3 fully saturated rings. The second-order valence-corrected chi connectivity index (χ2v) is 9.18. The van der Waals surface area contributed by atoms with Crippen LogP contribution in [0.15, 0.2) is 12.7 Å². The maximum atomic E-state index is 12.0. The molecule has 2 nitrogen and oxygen atoms in total. The SMILES string of the molecule is C=C[C@@]1(C)CC[C@H]2C(CC[C@@H]3[C@@]2(C)CCC[C@]3(C)C(=O)O)C1. The normalized spacial score (nSPS) is 51.5. The van der Waals surface area contributed by atoms with Crippen LogP contribution in [0.3, 0.4) is 0 Å². The highest BCUT2D eigenvalue weighted by Gasteiger charge is 2.59. The van der Waals surface area contributed by atoms with E-state index in [1.165, 1.54) is 32.1 Å².